The van der Waals surface area contributed by atoms with Crippen molar-refractivity contribution >= 4 is 27.4 Å². The monoisotopic (exact) mass is 375 g/mol. The third-order valence-corrected chi connectivity index (χ3v) is 2.93. The predicted octanol–water partition coefficient (Wildman–Crippen LogP) is 1.06. The number of nitro groups is 1. The van der Waals surface area contributed by atoms with Crippen molar-refractivity contribution in [2.45, 2.75) is 6.18 Å². The summed E-state index contributed by atoms with van der Waals surface area (Å²) in [4.78, 5) is 13.2. The van der Waals surface area contributed by atoms with Gasteiger partial charge in [0.25, 0.3) is 0 Å². The number of nitrogens with zero attached hydrogens (tertiary/aromatic N) is 3. The van der Waals surface area contributed by atoms with Gasteiger partial charge in [-0.05, 0) is 11.0 Å². The number of sulfonamides is 1. The van der Waals surface area contributed by atoms with Gasteiger partial charge in [0.1, 0.15) is 11.4 Å². The van der Waals surface area contributed by atoms with Crippen LogP contribution in [0.1, 0.15) is 5.56 Å². The second-order valence-electron chi connectivity index (χ2n) is 4.05. The fourth-order valence-corrected chi connectivity index (χ4v) is 1.78. The van der Waals surface area contributed by atoms with Crippen LogP contribution in [0.25, 0.3) is 0 Å². The average Bonchev–Trinajstić information content (AvgIpc) is 2.35. The van der Waals surface area contributed by atoms with Gasteiger partial charge in [0.15, 0.2) is 0 Å². The summed E-state index contributed by atoms with van der Waals surface area (Å²) in [6.07, 6.45) is -3.68. The molecule has 1 aromatic rings. The summed E-state index contributed by atoms with van der Waals surface area (Å²) in [7, 11) is -3.85. The molecule has 1 rings (SSSR count). The predicted molar refractivity (Wildman–Crippen MR) is 74.0 cm³/mol. The molecule has 14 heteroatoms. The van der Waals surface area contributed by atoms with E-state index in [0.717, 1.165) is 0 Å². The number of anilines is 1. The molecule has 0 spiro atoms. The van der Waals surface area contributed by atoms with Crippen LogP contribution >= 0.6 is 11.6 Å². The maximum atomic E-state index is 12.7. The third-order valence-electron chi connectivity index (χ3n) is 2.19. The topological polar surface area (TPSA) is 131 Å². The molecule has 0 aromatic carbocycles. The van der Waals surface area contributed by atoms with E-state index in [4.69, 9.17) is 17.4 Å². The molecule has 9 nitrogen and oxygen atoms in total. The highest BCUT2D eigenvalue weighted by molar-refractivity contribution is 7.88. The van der Waals surface area contributed by atoms with Crippen molar-refractivity contribution in [3.05, 3.63) is 45.0 Å². The first-order valence-electron chi connectivity index (χ1n) is 5.43. The molecule has 23 heavy (non-hydrogen) atoms. The van der Waals surface area contributed by atoms with Gasteiger partial charge >= 0.3 is 12.0 Å². The van der Waals surface area contributed by atoms with Crippen LogP contribution in [0.4, 0.5) is 19.0 Å². The summed E-state index contributed by atoms with van der Waals surface area (Å²) in [5, 5.41) is 10.4. The number of halogens is 4. The smallest absolute Gasteiger partial charge is 0.358 e. The fraction of sp³-hybridized carbons (Fsp3) is 0.222. The Labute approximate surface area is 132 Å². The van der Waals surface area contributed by atoms with Gasteiger partial charge in [0, 0.05) is 6.07 Å². The molecule has 128 valence electrons. The number of aromatic nitrogens is 1. The Hall–Kier alpha value is -2.12. The number of rotatable bonds is 5. The molecule has 0 saturated heterocycles. The molecule has 0 fully saturated rings. The molecule has 0 unspecified atom stereocenters. The first kappa shape index (κ1) is 18.9. The van der Waals surface area contributed by atoms with Gasteiger partial charge in [-0.3, -0.25) is 4.72 Å². The number of pyridine rings is 1. The minimum atomic E-state index is -4.79. The minimum Gasteiger partial charge on any atom is -0.358 e. The van der Waals surface area contributed by atoms with Crippen LogP contribution in [0.2, 0.25) is 5.15 Å². The Morgan fingerprint density at radius 1 is 1.52 bits per heavy atom. The molecule has 0 aliphatic heterocycles. The van der Waals surface area contributed by atoms with Gasteiger partial charge in [-0.25, -0.2) is 8.42 Å². The van der Waals surface area contributed by atoms with Gasteiger partial charge in [-0.15, -0.1) is 5.01 Å². The molecule has 0 atom stereocenters. The highest BCUT2D eigenvalue weighted by atomic mass is 35.5. The summed E-state index contributed by atoms with van der Waals surface area (Å²) in [5.74, 6) is 3.57. The molecule has 0 radical (unpaired) electrons. The van der Waals surface area contributed by atoms with E-state index in [1.54, 1.807) is 4.72 Å². The van der Waals surface area contributed by atoms with Crippen molar-refractivity contribution in [3.63, 3.8) is 0 Å². The summed E-state index contributed by atoms with van der Waals surface area (Å²) in [6, 6.07) is 0.923. The van der Waals surface area contributed by atoms with Crippen molar-refractivity contribution < 1.29 is 26.5 Å². The van der Waals surface area contributed by atoms with E-state index in [0.29, 0.717) is 24.6 Å². The van der Waals surface area contributed by atoms with E-state index >= 15 is 0 Å². The Bertz CT molecular complexity index is 752. The van der Waals surface area contributed by atoms with Crippen LogP contribution in [-0.4, -0.2) is 24.6 Å². The zero-order valence-corrected chi connectivity index (χ0v) is 12.8. The lowest BCUT2D eigenvalue weighted by Crippen LogP contribution is -2.36. The number of hydrazine groups is 1. The minimum absolute atomic E-state index is 0.152. The molecule has 3 N–H and O–H groups in total. The van der Waals surface area contributed by atoms with Gasteiger partial charge in [0.05, 0.1) is 11.8 Å². The lowest BCUT2D eigenvalue weighted by atomic mass is 10.2. The molecule has 0 amide bonds. The summed E-state index contributed by atoms with van der Waals surface area (Å²) in [5.41, 5.74) is -1.23. The van der Waals surface area contributed by atoms with E-state index < -0.39 is 43.5 Å². The molecule has 0 saturated carbocycles. The first-order chi connectivity index (χ1) is 10.3. The van der Waals surface area contributed by atoms with Crippen molar-refractivity contribution in [2.24, 2.45) is 5.84 Å². The standard InChI is InChI=1S/C9H9ClF3N5O4S/c1-23(21,22)15-4-8(18(19)20)17(14)7-3-5(9(11,12)13)2-6(10)16-7/h2-4,15H,14H2,1H3. The molecule has 0 aliphatic rings. The summed E-state index contributed by atoms with van der Waals surface area (Å²) >= 11 is 5.44. The number of hydrogen-bond donors (Lipinski definition) is 2. The van der Waals surface area contributed by atoms with E-state index in [-0.39, 0.29) is 5.01 Å². The number of alkyl halides is 3. The maximum absolute atomic E-state index is 12.7. The molecule has 0 bridgehead atoms. The maximum Gasteiger partial charge on any atom is 0.416 e. The largest absolute Gasteiger partial charge is 0.416 e. The van der Waals surface area contributed by atoms with E-state index in [2.05, 4.69) is 4.98 Å². The van der Waals surface area contributed by atoms with Crippen LogP contribution in [0.5, 0.6) is 0 Å². The van der Waals surface area contributed by atoms with E-state index in [9.17, 15) is 31.7 Å². The van der Waals surface area contributed by atoms with Crippen molar-refractivity contribution in [1.29, 1.82) is 0 Å². The van der Waals surface area contributed by atoms with Gasteiger partial charge in [-0.2, -0.15) is 24.0 Å². The fourth-order valence-electron chi connectivity index (χ4n) is 1.26. The Balaban J connectivity index is 3.32. The SMILES string of the molecule is CS(=O)(=O)NC=C(N(N)c1cc(C(F)(F)F)cc(Cl)n1)[N+](=O)[O-]. The molecule has 1 heterocycles. The van der Waals surface area contributed by atoms with Crippen LogP contribution in [0, 0.1) is 10.1 Å². The van der Waals surface area contributed by atoms with Gasteiger partial charge < -0.3 is 10.1 Å². The van der Waals surface area contributed by atoms with Crippen molar-refractivity contribution in [3.8, 4) is 0 Å². The Kier molecular flexibility index (Phi) is 5.39. The van der Waals surface area contributed by atoms with Crippen LogP contribution < -0.4 is 15.6 Å². The van der Waals surface area contributed by atoms with E-state index in [1.165, 1.54) is 0 Å². The zero-order chi connectivity index (χ0) is 18.0. The van der Waals surface area contributed by atoms with Crippen LogP contribution in [-0.2, 0) is 16.2 Å². The average molecular weight is 376 g/mol. The number of nitrogens with one attached hydrogen (secondary N) is 1. The Morgan fingerprint density at radius 3 is 2.52 bits per heavy atom. The second-order valence-corrected chi connectivity index (χ2v) is 6.22. The highest BCUT2D eigenvalue weighted by Gasteiger charge is 2.34. The summed E-state index contributed by atoms with van der Waals surface area (Å²) < 4.78 is 61.6. The highest BCUT2D eigenvalue weighted by Crippen LogP contribution is 2.32. The molecule has 0 aliphatic carbocycles. The van der Waals surface area contributed by atoms with Crippen LogP contribution in [0.3, 0.4) is 0 Å². The van der Waals surface area contributed by atoms with E-state index in [1.807, 2.05) is 0 Å². The lowest BCUT2D eigenvalue weighted by molar-refractivity contribution is -0.427. The molecule has 1 aromatic heterocycles. The number of hydrogen-bond acceptors (Lipinski definition) is 7. The van der Waals surface area contributed by atoms with Crippen LogP contribution in [0.15, 0.2) is 24.2 Å². The van der Waals surface area contributed by atoms with Crippen molar-refractivity contribution in [1.82, 2.24) is 9.71 Å². The van der Waals surface area contributed by atoms with Gasteiger partial charge in [0.2, 0.25) is 15.8 Å². The molecular weight excluding hydrogens is 367 g/mol. The Morgan fingerprint density at radius 2 is 2.09 bits per heavy atom. The second kappa shape index (κ2) is 6.55. The van der Waals surface area contributed by atoms with Crippen molar-refractivity contribution in [2.75, 3.05) is 11.3 Å². The van der Waals surface area contributed by atoms with Gasteiger partial charge in [-0.1, -0.05) is 11.6 Å². The third kappa shape index (κ3) is 5.54. The summed E-state index contributed by atoms with van der Waals surface area (Å²) in [6.45, 7) is 0. The normalized spacial score (nSPS) is 12.9. The lowest BCUT2D eigenvalue weighted by Gasteiger charge is -2.14. The number of nitrogens with two attached hydrogens (primary N) is 1. The molecular formula is C9H9ClF3N5O4S. The quantitative estimate of drug-likeness (QED) is 0.340. The first-order valence-corrected chi connectivity index (χ1v) is 7.69. The zero-order valence-electron chi connectivity index (χ0n) is 11.2.